The first kappa shape index (κ1) is 13.4. The lowest BCUT2D eigenvalue weighted by molar-refractivity contribution is -0.139. The standard InChI is InChI=1S/C13H15FO3/c1-9(13(16)17)7-11(14)12(15)8-10-5-3-2-4-6-10/h2-7,9,12,15H,8H2,1H3,(H,16,17)/b11-7-/t9-,12+/m1/s1. The zero-order valence-electron chi connectivity index (χ0n) is 9.51. The summed E-state index contributed by atoms with van der Waals surface area (Å²) in [5.41, 5.74) is 0.798. The van der Waals surface area contributed by atoms with Crippen LogP contribution in [0.25, 0.3) is 0 Å². The van der Waals surface area contributed by atoms with Crippen molar-refractivity contribution in [3.63, 3.8) is 0 Å². The van der Waals surface area contributed by atoms with Crippen LogP contribution in [-0.2, 0) is 11.2 Å². The van der Waals surface area contributed by atoms with Crippen molar-refractivity contribution in [1.29, 1.82) is 0 Å². The Morgan fingerprint density at radius 3 is 2.53 bits per heavy atom. The van der Waals surface area contributed by atoms with Crippen LogP contribution >= 0.6 is 0 Å². The van der Waals surface area contributed by atoms with Crippen LogP contribution in [0.5, 0.6) is 0 Å². The number of halogens is 1. The number of carboxylic acids is 1. The smallest absolute Gasteiger partial charge is 0.310 e. The van der Waals surface area contributed by atoms with Gasteiger partial charge in [-0.05, 0) is 18.6 Å². The lowest BCUT2D eigenvalue weighted by Gasteiger charge is -2.09. The zero-order chi connectivity index (χ0) is 12.8. The van der Waals surface area contributed by atoms with Crippen LogP contribution < -0.4 is 0 Å². The van der Waals surface area contributed by atoms with Crippen LogP contribution in [0.1, 0.15) is 12.5 Å². The van der Waals surface area contributed by atoms with E-state index in [1.165, 1.54) is 6.92 Å². The van der Waals surface area contributed by atoms with E-state index < -0.39 is 23.8 Å². The monoisotopic (exact) mass is 238 g/mol. The van der Waals surface area contributed by atoms with Crippen molar-refractivity contribution in [3.8, 4) is 0 Å². The number of rotatable bonds is 5. The van der Waals surface area contributed by atoms with Gasteiger partial charge in [-0.25, -0.2) is 4.39 Å². The van der Waals surface area contributed by atoms with Gasteiger partial charge in [-0.1, -0.05) is 30.3 Å². The molecule has 0 aliphatic rings. The van der Waals surface area contributed by atoms with Gasteiger partial charge in [0.1, 0.15) is 11.9 Å². The maximum Gasteiger partial charge on any atom is 0.310 e. The minimum atomic E-state index is -1.29. The molecule has 0 aliphatic carbocycles. The van der Waals surface area contributed by atoms with Gasteiger partial charge in [0.15, 0.2) is 0 Å². The molecule has 0 spiro atoms. The quantitative estimate of drug-likeness (QED) is 0.826. The Kier molecular flexibility index (Phi) is 4.84. The van der Waals surface area contributed by atoms with Crippen molar-refractivity contribution < 1.29 is 19.4 Å². The highest BCUT2D eigenvalue weighted by molar-refractivity contribution is 5.71. The fourth-order valence-electron chi connectivity index (χ4n) is 1.36. The zero-order valence-corrected chi connectivity index (χ0v) is 9.51. The molecule has 1 rings (SSSR count). The van der Waals surface area contributed by atoms with E-state index in [-0.39, 0.29) is 6.42 Å². The molecule has 92 valence electrons. The van der Waals surface area contributed by atoms with Crippen LogP contribution in [-0.4, -0.2) is 22.3 Å². The van der Waals surface area contributed by atoms with Gasteiger partial charge in [0, 0.05) is 6.42 Å². The molecule has 0 unspecified atom stereocenters. The number of carboxylic acid groups (broad SMARTS) is 1. The SMILES string of the molecule is C[C@H](/C=C(\F)[C@@H](O)Cc1ccccc1)C(=O)O. The Balaban J connectivity index is 2.64. The van der Waals surface area contributed by atoms with Gasteiger partial charge in [0.2, 0.25) is 0 Å². The molecular formula is C13H15FO3. The van der Waals surface area contributed by atoms with Crippen LogP contribution in [0.3, 0.4) is 0 Å². The van der Waals surface area contributed by atoms with Gasteiger partial charge >= 0.3 is 5.97 Å². The highest BCUT2D eigenvalue weighted by Crippen LogP contribution is 2.14. The highest BCUT2D eigenvalue weighted by atomic mass is 19.1. The summed E-state index contributed by atoms with van der Waals surface area (Å²) in [5, 5.41) is 18.2. The third kappa shape index (κ3) is 4.36. The molecule has 0 heterocycles. The average Bonchev–Trinajstić information content (AvgIpc) is 2.29. The molecular weight excluding hydrogens is 223 g/mol. The Morgan fingerprint density at radius 2 is 2.00 bits per heavy atom. The number of aliphatic hydroxyl groups excluding tert-OH is 1. The van der Waals surface area contributed by atoms with Crippen molar-refractivity contribution in [2.45, 2.75) is 19.4 Å². The topological polar surface area (TPSA) is 57.5 Å². The predicted molar refractivity (Wildman–Crippen MR) is 62.1 cm³/mol. The van der Waals surface area contributed by atoms with E-state index in [0.717, 1.165) is 11.6 Å². The van der Waals surface area contributed by atoms with Crippen molar-refractivity contribution in [2.24, 2.45) is 5.92 Å². The summed E-state index contributed by atoms with van der Waals surface area (Å²) in [4.78, 5) is 10.5. The van der Waals surface area contributed by atoms with Crippen molar-refractivity contribution in [2.75, 3.05) is 0 Å². The summed E-state index contributed by atoms with van der Waals surface area (Å²) in [6, 6.07) is 8.97. The Morgan fingerprint density at radius 1 is 1.41 bits per heavy atom. The molecule has 0 aromatic heterocycles. The van der Waals surface area contributed by atoms with Crippen LogP contribution in [0.4, 0.5) is 4.39 Å². The molecule has 1 aromatic carbocycles. The fraction of sp³-hybridized carbons (Fsp3) is 0.308. The van der Waals surface area contributed by atoms with Gasteiger partial charge in [0.05, 0.1) is 5.92 Å². The lowest BCUT2D eigenvalue weighted by atomic mass is 10.0. The third-order valence-electron chi connectivity index (χ3n) is 2.39. The second kappa shape index (κ2) is 6.15. The first-order valence-corrected chi connectivity index (χ1v) is 5.32. The van der Waals surface area contributed by atoms with E-state index in [2.05, 4.69) is 0 Å². The minimum absolute atomic E-state index is 0.134. The molecule has 3 nitrogen and oxygen atoms in total. The molecule has 1 aromatic rings. The summed E-state index contributed by atoms with van der Waals surface area (Å²) >= 11 is 0. The normalized spacial score (nSPS) is 15.4. The van der Waals surface area contributed by atoms with Crippen molar-refractivity contribution in [3.05, 3.63) is 47.8 Å². The summed E-state index contributed by atoms with van der Waals surface area (Å²) in [7, 11) is 0. The number of aliphatic carboxylic acids is 1. The Labute approximate surface area is 99.2 Å². The number of aliphatic hydroxyl groups is 1. The van der Waals surface area contributed by atoms with Crippen LogP contribution in [0.15, 0.2) is 42.2 Å². The largest absolute Gasteiger partial charge is 0.481 e. The first-order chi connectivity index (χ1) is 8.00. The molecule has 17 heavy (non-hydrogen) atoms. The molecule has 0 radical (unpaired) electrons. The number of benzene rings is 1. The summed E-state index contributed by atoms with van der Waals surface area (Å²) < 4.78 is 13.4. The fourth-order valence-corrected chi connectivity index (χ4v) is 1.36. The van der Waals surface area contributed by atoms with Crippen LogP contribution in [0.2, 0.25) is 0 Å². The minimum Gasteiger partial charge on any atom is -0.481 e. The molecule has 0 bridgehead atoms. The third-order valence-corrected chi connectivity index (χ3v) is 2.39. The molecule has 0 fully saturated rings. The van der Waals surface area contributed by atoms with Gasteiger partial charge in [0.25, 0.3) is 0 Å². The van der Waals surface area contributed by atoms with E-state index in [9.17, 15) is 14.3 Å². The van der Waals surface area contributed by atoms with Crippen molar-refractivity contribution >= 4 is 5.97 Å². The molecule has 0 saturated carbocycles. The second-order valence-corrected chi connectivity index (χ2v) is 3.88. The van der Waals surface area contributed by atoms with E-state index in [1.807, 2.05) is 6.07 Å². The average molecular weight is 238 g/mol. The Bertz CT molecular complexity index is 400. The van der Waals surface area contributed by atoms with Gasteiger partial charge < -0.3 is 10.2 Å². The second-order valence-electron chi connectivity index (χ2n) is 3.88. The maximum atomic E-state index is 13.4. The van der Waals surface area contributed by atoms with E-state index in [4.69, 9.17) is 5.11 Å². The highest BCUT2D eigenvalue weighted by Gasteiger charge is 2.15. The molecule has 2 atom stereocenters. The molecule has 0 amide bonds. The molecule has 0 aliphatic heterocycles. The summed E-state index contributed by atoms with van der Waals surface area (Å²) in [5.74, 6) is -2.86. The summed E-state index contributed by atoms with van der Waals surface area (Å²) in [6.07, 6.45) is -0.231. The Hall–Kier alpha value is -1.68. The van der Waals surface area contributed by atoms with Gasteiger partial charge in [-0.2, -0.15) is 0 Å². The maximum absolute atomic E-state index is 13.4. The van der Waals surface area contributed by atoms with E-state index >= 15 is 0 Å². The first-order valence-electron chi connectivity index (χ1n) is 5.32. The molecule has 2 N–H and O–H groups in total. The van der Waals surface area contributed by atoms with E-state index in [1.54, 1.807) is 24.3 Å². The number of hydrogen-bond donors (Lipinski definition) is 2. The predicted octanol–water partition coefficient (Wildman–Crippen LogP) is 2.16. The van der Waals surface area contributed by atoms with E-state index in [0.29, 0.717) is 0 Å². The lowest BCUT2D eigenvalue weighted by Crippen LogP contribution is -2.14. The number of hydrogen-bond acceptors (Lipinski definition) is 2. The van der Waals surface area contributed by atoms with Gasteiger partial charge in [-0.15, -0.1) is 0 Å². The summed E-state index contributed by atoms with van der Waals surface area (Å²) in [6.45, 7) is 1.36. The number of carbonyl (C=O) groups is 1. The van der Waals surface area contributed by atoms with Gasteiger partial charge in [-0.3, -0.25) is 4.79 Å². The molecule has 0 saturated heterocycles. The van der Waals surface area contributed by atoms with Crippen molar-refractivity contribution in [1.82, 2.24) is 0 Å². The molecule has 4 heteroatoms. The van der Waals surface area contributed by atoms with Crippen LogP contribution in [0, 0.1) is 5.92 Å².